The highest BCUT2D eigenvalue weighted by Crippen LogP contribution is 2.63. The third-order valence-electron chi connectivity index (χ3n) is 11.1. The van der Waals surface area contributed by atoms with E-state index in [-0.39, 0.29) is 24.2 Å². The molecule has 11 atom stereocenters. The molecule has 0 spiro atoms. The van der Waals surface area contributed by atoms with Crippen LogP contribution in [-0.2, 0) is 33.4 Å². The van der Waals surface area contributed by atoms with Crippen LogP contribution in [-0.4, -0.2) is 104 Å². The van der Waals surface area contributed by atoms with E-state index < -0.39 is 101 Å². The number of aliphatic hydroxyl groups is 5. The van der Waals surface area contributed by atoms with Gasteiger partial charge in [0.2, 0.25) is 5.91 Å². The van der Waals surface area contributed by atoms with E-state index in [0.717, 1.165) is 6.92 Å². The van der Waals surface area contributed by atoms with E-state index in [2.05, 4.69) is 5.32 Å². The molecule has 13 nitrogen and oxygen atoms in total. The lowest BCUT2D eigenvalue weighted by molar-refractivity contribution is -0.345. The van der Waals surface area contributed by atoms with Gasteiger partial charge in [0, 0.05) is 43.0 Å². The third-order valence-corrected chi connectivity index (χ3v) is 11.3. The molecule has 4 aliphatic rings. The number of Topliss-reactive ketones (excluding diaryl/α,β-unsaturated/α-hetero) is 1. The van der Waals surface area contributed by atoms with Crippen molar-refractivity contribution in [2.45, 2.75) is 108 Å². The second kappa shape index (κ2) is 11.9. The van der Waals surface area contributed by atoms with Crippen LogP contribution in [0.25, 0.3) is 0 Å². The molecule has 1 aromatic rings. The van der Waals surface area contributed by atoms with Crippen molar-refractivity contribution < 1.29 is 58.9 Å². The van der Waals surface area contributed by atoms with Crippen LogP contribution < -0.4 is 5.32 Å². The number of ketones is 1. The standard InChI is InChI=1S/C33H42ClNO12/c1-14-19(47-29(42)25(40)23(35-15(2)36)17-7-9-18(34)10-8-17)12-33(44)28(46-16(3)37)26-31(6,20(38)11-21-32(26,43)13-45-21)27(41)24(39)22(14)30(33,4)5/h7-10,19-21,23-26,28,38-40,43-44H,11-13H2,1-6H3,(H,35,36)/t19-,20-,21+,23-,24+,25+,26-,28-,31+,32-,33+/m0/s1. The Morgan fingerprint density at radius 2 is 1.68 bits per heavy atom. The number of rotatable bonds is 6. The molecule has 2 bridgehead atoms. The first-order valence-electron chi connectivity index (χ1n) is 15.5. The van der Waals surface area contributed by atoms with Gasteiger partial charge in [0.05, 0.1) is 30.3 Å². The molecule has 1 amide bonds. The number of benzene rings is 1. The number of fused-ring (bicyclic) bond motifs is 5. The molecule has 6 N–H and O–H groups in total. The zero-order valence-corrected chi connectivity index (χ0v) is 27.8. The number of amides is 1. The van der Waals surface area contributed by atoms with Gasteiger partial charge in [-0.1, -0.05) is 37.6 Å². The summed E-state index contributed by atoms with van der Waals surface area (Å²) >= 11 is 5.99. The van der Waals surface area contributed by atoms with Crippen molar-refractivity contribution in [3.63, 3.8) is 0 Å². The minimum atomic E-state index is -2.23. The van der Waals surface area contributed by atoms with Crippen LogP contribution in [0.2, 0.25) is 5.02 Å². The van der Waals surface area contributed by atoms with Crippen molar-refractivity contribution >= 4 is 35.2 Å². The highest BCUT2D eigenvalue weighted by molar-refractivity contribution is 6.30. The van der Waals surface area contributed by atoms with Gasteiger partial charge in [-0.05, 0) is 42.7 Å². The Balaban J connectivity index is 1.62. The number of carbonyl (C=O) groups excluding carboxylic acids is 4. The number of ether oxygens (including phenoxy) is 3. The van der Waals surface area contributed by atoms with E-state index in [0.29, 0.717) is 10.6 Å². The zero-order chi connectivity index (χ0) is 35.0. The van der Waals surface area contributed by atoms with E-state index in [1.807, 2.05) is 0 Å². The van der Waals surface area contributed by atoms with Gasteiger partial charge in [-0.25, -0.2) is 4.79 Å². The van der Waals surface area contributed by atoms with Crippen LogP contribution in [0.3, 0.4) is 0 Å². The van der Waals surface area contributed by atoms with Gasteiger partial charge >= 0.3 is 11.9 Å². The summed E-state index contributed by atoms with van der Waals surface area (Å²) in [5.74, 6) is -4.94. The van der Waals surface area contributed by atoms with Gasteiger partial charge < -0.3 is 45.1 Å². The largest absolute Gasteiger partial charge is 0.459 e. The van der Waals surface area contributed by atoms with Gasteiger partial charge in [-0.3, -0.25) is 14.4 Å². The van der Waals surface area contributed by atoms with Crippen LogP contribution in [0.15, 0.2) is 35.4 Å². The molecular formula is C33H42ClNO12. The van der Waals surface area contributed by atoms with Gasteiger partial charge in [0.1, 0.15) is 29.5 Å². The molecule has 0 radical (unpaired) electrons. The fourth-order valence-corrected chi connectivity index (χ4v) is 8.50. The Morgan fingerprint density at radius 3 is 2.21 bits per heavy atom. The summed E-state index contributed by atoms with van der Waals surface area (Å²) in [6.07, 6.45) is -9.94. The predicted octanol–water partition coefficient (Wildman–Crippen LogP) is 0.660. The average molecular weight is 680 g/mol. The molecule has 5 rings (SSSR count). The van der Waals surface area contributed by atoms with Crippen molar-refractivity contribution in [2.24, 2.45) is 16.7 Å². The molecule has 1 heterocycles. The number of halogens is 1. The van der Waals surface area contributed by atoms with Crippen molar-refractivity contribution in [1.82, 2.24) is 5.32 Å². The topological polar surface area (TPSA) is 209 Å². The molecule has 2 saturated carbocycles. The maximum Gasteiger partial charge on any atom is 0.338 e. The Kier molecular flexibility index (Phi) is 8.96. The van der Waals surface area contributed by atoms with Gasteiger partial charge in [-0.2, -0.15) is 0 Å². The molecule has 0 unspecified atom stereocenters. The first kappa shape index (κ1) is 35.4. The first-order chi connectivity index (χ1) is 21.7. The van der Waals surface area contributed by atoms with Gasteiger partial charge in [0.25, 0.3) is 0 Å². The highest BCUT2D eigenvalue weighted by atomic mass is 35.5. The maximum atomic E-state index is 14.3. The molecule has 3 fully saturated rings. The number of aliphatic hydroxyl groups excluding tert-OH is 3. The Hall–Kier alpha value is -2.91. The van der Waals surface area contributed by atoms with Crippen molar-refractivity contribution in [2.75, 3.05) is 6.61 Å². The van der Waals surface area contributed by atoms with Crippen molar-refractivity contribution in [3.8, 4) is 0 Å². The van der Waals surface area contributed by atoms with Crippen LogP contribution >= 0.6 is 11.6 Å². The molecule has 3 aliphatic carbocycles. The summed E-state index contributed by atoms with van der Waals surface area (Å²) in [6.45, 7) is 7.97. The maximum absolute atomic E-state index is 14.3. The summed E-state index contributed by atoms with van der Waals surface area (Å²) in [4.78, 5) is 52.6. The summed E-state index contributed by atoms with van der Waals surface area (Å²) in [7, 11) is 0. The minimum absolute atomic E-state index is 0.0253. The molecule has 14 heteroatoms. The fourth-order valence-electron chi connectivity index (χ4n) is 8.38. The number of esters is 2. The Morgan fingerprint density at radius 1 is 1.06 bits per heavy atom. The first-order valence-corrected chi connectivity index (χ1v) is 15.9. The fraction of sp³-hybridized carbons (Fsp3) is 0.636. The monoisotopic (exact) mass is 679 g/mol. The summed E-state index contributed by atoms with van der Waals surface area (Å²) < 4.78 is 17.1. The van der Waals surface area contributed by atoms with Crippen LogP contribution in [0, 0.1) is 16.7 Å². The van der Waals surface area contributed by atoms with Crippen LogP contribution in [0.5, 0.6) is 0 Å². The lowest BCUT2D eigenvalue weighted by Crippen LogP contribution is -2.81. The Labute approximate surface area is 276 Å². The summed E-state index contributed by atoms with van der Waals surface area (Å²) in [5, 5.41) is 62.0. The van der Waals surface area contributed by atoms with Gasteiger partial charge in [-0.15, -0.1) is 0 Å². The van der Waals surface area contributed by atoms with E-state index in [4.69, 9.17) is 25.8 Å². The van der Waals surface area contributed by atoms with Gasteiger partial charge in [0.15, 0.2) is 11.9 Å². The minimum Gasteiger partial charge on any atom is -0.459 e. The number of hydrogen-bond donors (Lipinski definition) is 6. The zero-order valence-electron chi connectivity index (χ0n) is 27.0. The quantitative estimate of drug-likeness (QED) is 0.181. The van der Waals surface area contributed by atoms with E-state index in [1.54, 1.807) is 13.8 Å². The van der Waals surface area contributed by atoms with E-state index >= 15 is 0 Å². The molecule has 1 aromatic carbocycles. The van der Waals surface area contributed by atoms with E-state index in [9.17, 15) is 44.7 Å². The molecular weight excluding hydrogens is 638 g/mol. The SMILES string of the molecule is CC(=O)N[C@@H](c1ccc(Cl)cc1)[C@@H](O)C(=O)O[C@H]1C[C@@]2(O)[C@@H](OC(C)=O)[C@@H]3[C@]4(O)CO[C@@H]4C[C@H](O)[C@@]3(C)C(=O)[C@H](O)C(=C1C)C2(C)C. The summed E-state index contributed by atoms with van der Waals surface area (Å²) in [5.41, 5.74) is -6.99. The molecule has 0 aromatic heterocycles. The van der Waals surface area contributed by atoms with Crippen LogP contribution in [0.1, 0.15) is 66.0 Å². The molecule has 47 heavy (non-hydrogen) atoms. The number of hydrogen-bond acceptors (Lipinski definition) is 12. The third kappa shape index (κ3) is 5.31. The second-order valence-electron chi connectivity index (χ2n) is 14.0. The lowest BCUT2D eigenvalue weighted by atomic mass is 9.45. The number of nitrogens with one attached hydrogen (secondary N) is 1. The summed E-state index contributed by atoms with van der Waals surface area (Å²) in [6, 6.07) is 4.80. The van der Waals surface area contributed by atoms with E-state index in [1.165, 1.54) is 45.0 Å². The average Bonchev–Trinajstić information content (AvgIpc) is 2.98. The van der Waals surface area contributed by atoms with Crippen molar-refractivity contribution in [3.05, 3.63) is 46.0 Å². The predicted molar refractivity (Wildman–Crippen MR) is 163 cm³/mol. The van der Waals surface area contributed by atoms with Crippen molar-refractivity contribution in [1.29, 1.82) is 0 Å². The molecule has 1 aliphatic heterocycles. The highest BCUT2D eigenvalue weighted by Gasteiger charge is 2.76. The Bertz CT molecular complexity index is 1510. The normalized spacial score (nSPS) is 38.8. The van der Waals surface area contributed by atoms with Crippen LogP contribution in [0.4, 0.5) is 0 Å². The smallest absolute Gasteiger partial charge is 0.338 e. The second-order valence-corrected chi connectivity index (χ2v) is 14.5. The molecule has 258 valence electrons. The lowest BCUT2D eigenvalue weighted by Gasteiger charge is -2.66. The number of carbonyl (C=O) groups is 4. The molecule has 1 saturated heterocycles.